The van der Waals surface area contributed by atoms with Gasteiger partial charge in [-0.25, -0.2) is 19.5 Å². The van der Waals surface area contributed by atoms with Crippen molar-refractivity contribution in [3.63, 3.8) is 0 Å². The standard InChI is InChI=1S/C20H20N6O2/c1-20(27)8-13(9-20)24-19-21-10-17-14(5-6-26(17)25-19)12-3-4-16-15(7-12)18(28-2)23-11-22-16/h3-7,10-11,13,27H,8-9H2,1-2H3,(H,24,25)/t13-,20+. The molecule has 1 aromatic carbocycles. The van der Waals surface area contributed by atoms with Gasteiger partial charge in [0.2, 0.25) is 11.8 Å². The molecule has 0 radical (unpaired) electrons. The zero-order valence-electron chi connectivity index (χ0n) is 15.6. The van der Waals surface area contributed by atoms with Gasteiger partial charge in [-0.3, -0.25) is 0 Å². The van der Waals surface area contributed by atoms with Gasteiger partial charge in [-0.2, -0.15) is 0 Å². The summed E-state index contributed by atoms with van der Waals surface area (Å²) in [6.07, 6.45) is 6.62. The molecule has 8 nitrogen and oxygen atoms in total. The number of hydrogen-bond donors (Lipinski definition) is 2. The maximum absolute atomic E-state index is 9.87. The van der Waals surface area contributed by atoms with Gasteiger partial charge >= 0.3 is 0 Å². The average molecular weight is 376 g/mol. The molecule has 2 N–H and O–H groups in total. The summed E-state index contributed by atoms with van der Waals surface area (Å²) in [6, 6.07) is 8.21. The van der Waals surface area contributed by atoms with Crippen LogP contribution in [0.1, 0.15) is 19.8 Å². The number of ether oxygens (including phenoxy) is 1. The summed E-state index contributed by atoms with van der Waals surface area (Å²) in [6.45, 7) is 1.84. The van der Waals surface area contributed by atoms with E-state index < -0.39 is 5.60 Å². The normalized spacial score (nSPS) is 21.6. The van der Waals surface area contributed by atoms with Crippen molar-refractivity contribution in [3.05, 3.63) is 43.0 Å². The Balaban J connectivity index is 1.49. The first kappa shape index (κ1) is 16.9. The largest absolute Gasteiger partial charge is 0.480 e. The summed E-state index contributed by atoms with van der Waals surface area (Å²) in [7, 11) is 1.60. The van der Waals surface area contributed by atoms with Gasteiger partial charge in [-0.05, 0) is 43.5 Å². The quantitative estimate of drug-likeness (QED) is 0.565. The van der Waals surface area contributed by atoms with Crippen LogP contribution in [0.2, 0.25) is 0 Å². The van der Waals surface area contributed by atoms with Crippen LogP contribution in [0.4, 0.5) is 5.95 Å². The van der Waals surface area contributed by atoms with Crippen LogP contribution >= 0.6 is 0 Å². The lowest BCUT2D eigenvalue weighted by Gasteiger charge is -2.41. The molecule has 0 unspecified atom stereocenters. The van der Waals surface area contributed by atoms with E-state index in [4.69, 9.17) is 4.74 Å². The molecular formula is C20H20N6O2. The molecule has 0 spiro atoms. The topological polar surface area (TPSA) is 97.5 Å². The van der Waals surface area contributed by atoms with Gasteiger partial charge in [0.05, 0.1) is 35.3 Å². The van der Waals surface area contributed by atoms with Gasteiger partial charge < -0.3 is 15.2 Å². The van der Waals surface area contributed by atoms with Crippen molar-refractivity contribution in [2.24, 2.45) is 0 Å². The van der Waals surface area contributed by atoms with Crippen LogP contribution in [-0.4, -0.2) is 48.4 Å². The van der Waals surface area contributed by atoms with Gasteiger partial charge in [0, 0.05) is 17.8 Å². The number of nitrogens with zero attached hydrogens (tertiary/aromatic N) is 5. The van der Waals surface area contributed by atoms with Crippen LogP contribution in [-0.2, 0) is 0 Å². The molecule has 4 aromatic rings. The Bertz CT molecular complexity index is 1180. The van der Waals surface area contributed by atoms with E-state index in [0.717, 1.165) is 27.5 Å². The monoisotopic (exact) mass is 376 g/mol. The first-order chi connectivity index (χ1) is 13.5. The molecule has 8 heteroatoms. The molecule has 28 heavy (non-hydrogen) atoms. The first-order valence-electron chi connectivity index (χ1n) is 9.15. The van der Waals surface area contributed by atoms with Crippen LogP contribution < -0.4 is 10.1 Å². The molecule has 0 saturated heterocycles. The van der Waals surface area contributed by atoms with E-state index in [0.29, 0.717) is 24.7 Å². The van der Waals surface area contributed by atoms with E-state index in [1.165, 1.54) is 6.33 Å². The summed E-state index contributed by atoms with van der Waals surface area (Å²) in [5.41, 5.74) is 3.19. The van der Waals surface area contributed by atoms with Crippen molar-refractivity contribution in [3.8, 4) is 17.0 Å². The Morgan fingerprint density at radius 2 is 2.07 bits per heavy atom. The Morgan fingerprint density at radius 3 is 2.86 bits per heavy atom. The van der Waals surface area contributed by atoms with Gasteiger partial charge in [-0.1, -0.05) is 6.07 Å². The number of fused-ring (bicyclic) bond motifs is 2. The maximum atomic E-state index is 9.87. The van der Waals surface area contributed by atoms with E-state index >= 15 is 0 Å². The molecule has 0 atom stereocenters. The van der Waals surface area contributed by atoms with Crippen molar-refractivity contribution < 1.29 is 9.84 Å². The van der Waals surface area contributed by atoms with Crippen LogP contribution in [0.15, 0.2) is 43.0 Å². The minimum Gasteiger partial charge on any atom is -0.480 e. The predicted octanol–water partition coefficient (Wildman–Crippen LogP) is 2.67. The highest BCUT2D eigenvalue weighted by molar-refractivity contribution is 5.91. The van der Waals surface area contributed by atoms with Crippen molar-refractivity contribution >= 4 is 22.4 Å². The van der Waals surface area contributed by atoms with Crippen molar-refractivity contribution in [1.29, 1.82) is 0 Å². The number of hydrogen-bond acceptors (Lipinski definition) is 7. The third kappa shape index (κ3) is 2.82. The van der Waals surface area contributed by atoms with Gasteiger partial charge in [0.15, 0.2) is 0 Å². The molecule has 0 aliphatic heterocycles. The zero-order chi connectivity index (χ0) is 19.3. The van der Waals surface area contributed by atoms with E-state index in [1.807, 2.05) is 48.1 Å². The molecule has 1 fully saturated rings. The highest BCUT2D eigenvalue weighted by atomic mass is 16.5. The van der Waals surface area contributed by atoms with E-state index in [9.17, 15) is 5.11 Å². The van der Waals surface area contributed by atoms with E-state index in [2.05, 4.69) is 25.4 Å². The molecule has 3 aromatic heterocycles. The first-order valence-corrected chi connectivity index (χ1v) is 9.15. The fourth-order valence-corrected chi connectivity index (χ4v) is 3.86. The SMILES string of the molecule is COc1ncnc2ccc(-c3ccn4nc(N[C@H]5C[C@@](C)(O)C5)ncc34)cc12. The van der Waals surface area contributed by atoms with Gasteiger partial charge in [-0.15, -0.1) is 5.10 Å². The molecule has 3 heterocycles. The maximum Gasteiger partial charge on any atom is 0.241 e. The third-order valence-corrected chi connectivity index (χ3v) is 5.23. The summed E-state index contributed by atoms with van der Waals surface area (Å²) in [4.78, 5) is 12.9. The second kappa shape index (κ2) is 6.13. The summed E-state index contributed by atoms with van der Waals surface area (Å²) < 4.78 is 7.17. The second-order valence-electron chi connectivity index (χ2n) is 7.50. The van der Waals surface area contributed by atoms with Crippen LogP contribution in [0.5, 0.6) is 5.88 Å². The minimum absolute atomic E-state index is 0.204. The molecule has 5 rings (SSSR count). The van der Waals surface area contributed by atoms with E-state index in [-0.39, 0.29) is 6.04 Å². The third-order valence-electron chi connectivity index (χ3n) is 5.23. The summed E-state index contributed by atoms with van der Waals surface area (Å²) >= 11 is 0. The summed E-state index contributed by atoms with van der Waals surface area (Å²) in [5, 5.41) is 18.6. The number of benzene rings is 1. The van der Waals surface area contributed by atoms with Gasteiger partial charge in [0.25, 0.3) is 0 Å². The lowest BCUT2D eigenvalue weighted by molar-refractivity contribution is -0.0236. The van der Waals surface area contributed by atoms with Crippen LogP contribution in [0.3, 0.4) is 0 Å². The highest BCUT2D eigenvalue weighted by Gasteiger charge is 2.38. The number of aromatic nitrogens is 5. The number of methoxy groups -OCH3 is 1. The summed E-state index contributed by atoms with van der Waals surface area (Å²) in [5.74, 6) is 1.11. The van der Waals surface area contributed by atoms with Crippen molar-refractivity contribution in [1.82, 2.24) is 24.6 Å². The number of anilines is 1. The molecule has 1 saturated carbocycles. The molecule has 0 bridgehead atoms. The fraction of sp³-hybridized carbons (Fsp3) is 0.300. The number of nitrogens with one attached hydrogen (secondary N) is 1. The van der Waals surface area contributed by atoms with Crippen molar-refractivity contribution in [2.45, 2.75) is 31.4 Å². The molecule has 1 aliphatic rings. The molecule has 1 aliphatic carbocycles. The zero-order valence-corrected chi connectivity index (χ0v) is 15.6. The predicted molar refractivity (Wildman–Crippen MR) is 105 cm³/mol. The van der Waals surface area contributed by atoms with Crippen LogP contribution in [0.25, 0.3) is 27.5 Å². The Morgan fingerprint density at radius 1 is 1.21 bits per heavy atom. The Hall–Kier alpha value is -3.26. The fourth-order valence-electron chi connectivity index (χ4n) is 3.86. The lowest BCUT2D eigenvalue weighted by Crippen LogP contribution is -2.48. The second-order valence-corrected chi connectivity index (χ2v) is 7.50. The number of aliphatic hydroxyl groups is 1. The smallest absolute Gasteiger partial charge is 0.241 e. The van der Waals surface area contributed by atoms with E-state index in [1.54, 1.807) is 7.11 Å². The Kier molecular flexibility index (Phi) is 3.70. The highest BCUT2D eigenvalue weighted by Crippen LogP contribution is 2.34. The molecule has 0 amide bonds. The van der Waals surface area contributed by atoms with Crippen molar-refractivity contribution in [2.75, 3.05) is 12.4 Å². The lowest BCUT2D eigenvalue weighted by atomic mass is 9.77. The Labute approximate surface area is 161 Å². The molecular weight excluding hydrogens is 356 g/mol. The van der Waals surface area contributed by atoms with Gasteiger partial charge in [0.1, 0.15) is 6.33 Å². The number of rotatable bonds is 4. The average Bonchev–Trinajstić information content (AvgIpc) is 3.09. The molecule has 142 valence electrons. The minimum atomic E-state index is -0.580. The van der Waals surface area contributed by atoms with Crippen LogP contribution in [0, 0.1) is 0 Å².